The van der Waals surface area contributed by atoms with Crippen molar-refractivity contribution < 1.29 is 13.6 Å². The Balaban J connectivity index is 2.11. The Hall–Kier alpha value is -2.02. The summed E-state index contributed by atoms with van der Waals surface area (Å²) >= 11 is 0.765. The van der Waals surface area contributed by atoms with Gasteiger partial charge < -0.3 is 11.1 Å². The molecule has 0 spiro atoms. The van der Waals surface area contributed by atoms with Crippen LogP contribution in [0.4, 0.5) is 13.9 Å². The van der Waals surface area contributed by atoms with Gasteiger partial charge in [0.1, 0.15) is 10.6 Å². The molecular weight excluding hydrogens is 284 g/mol. The maximum atomic E-state index is 12.7. The smallest absolute Gasteiger partial charge is 0.282 e. The van der Waals surface area contributed by atoms with E-state index in [1.807, 2.05) is 31.2 Å². The molecule has 2 aromatic rings. The molecule has 0 unspecified atom stereocenters. The number of carbonyl (C=O) groups excluding carboxylic acids is 1. The zero-order valence-electron chi connectivity index (χ0n) is 10.7. The van der Waals surface area contributed by atoms with Crippen molar-refractivity contribution >= 4 is 22.4 Å². The number of rotatable bonds is 4. The van der Waals surface area contributed by atoms with Gasteiger partial charge in [-0.15, -0.1) is 0 Å². The van der Waals surface area contributed by atoms with E-state index < -0.39 is 18.0 Å². The number of nitrogen functional groups attached to an aromatic ring is 1. The minimum absolute atomic E-state index is 0.0404. The van der Waals surface area contributed by atoms with Crippen LogP contribution in [-0.2, 0) is 6.54 Å². The van der Waals surface area contributed by atoms with Crippen molar-refractivity contribution in [2.75, 3.05) is 5.73 Å². The van der Waals surface area contributed by atoms with Crippen LogP contribution in [0, 0.1) is 6.92 Å². The second kappa shape index (κ2) is 5.96. The quantitative estimate of drug-likeness (QED) is 0.911. The Morgan fingerprint density at radius 3 is 2.80 bits per heavy atom. The molecule has 1 aromatic heterocycles. The third-order valence-electron chi connectivity index (χ3n) is 2.78. The number of benzene rings is 1. The third kappa shape index (κ3) is 3.11. The lowest BCUT2D eigenvalue weighted by atomic mass is 10.1. The van der Waals surface area contributed by atoms with E-state index >= 15 is 0 Å². The number of nitrogens with one attached hydrogen (secondary N) is 1. The number of nitrogens with zero attached hydrogens (tertiary/aromatic N) is 1. The normalized spacial score (nSPS) is 10.8. The standard InChI is InChI=1S/C13H13F2N3OS/c1-7-4-2-3-5-8(7)6-17-12(19)10-9(11(14)15)18-13(16)20-10/h2-5,11H,6H2,1H3,(H2,16,18)(H,17,19). The first-order valence-corrected chi connectivity index (χ1v) is 6.67. The predicted molar refractivity (Wildman–Crippen MR) is 73.8 cm³/mol. The fourth-order valence-corrected chi connectivity index (χ4v) is 2.48. The van der Waals surface area contributed by atoms with Crippen LogP contribution < -0.4 is 11.1 Å². The van der Waals surface area contributed by atoms with E-state index in [0.29, 0.717) is 0 Å². The molecule has 3 N–H and O–H groups in total. The van der Waals surface area contributed by atoms with Gasteiger partial charge >= 0.3 is 0 Å². The molecule has 0 atom stereocenters. The van der Waals surface area contributed by atoms with Gasteiger partial charge in [0, 0.05) is 6.54 Å². The second-order valence-electron chi connectivity index (χ2n) is 4.18. The van der Waals surface area contributed by atoms with Crippen LogP contribution in [0.3, 0.4) is 0 Å². The molecule has 0 saturated heterocycles. The molecule has 1 amide bonds. The molecule has 0 saturated carbocycles. The second-order valence-corrected chi connectivity index (χ2v) is 5.21. The Morgan fingerprint density at radius 1 is 1.45 bits per heavy atom. The number of thiazole rings is 1. The topological polar surface area (TPSA) is 68.0 Å². The highest BCUT2D eigenvalue weighted by Crippen LogP contribution is 2.28. The van der Waals surface area contributed by atoms with Gasteiger partial charge in [-0.1, -0.05) is 35.6 Å². The lowest BCUT2D eigenvalue weighted by Crippen LogP contribution is -2.23. The first-order chi connectivity index (χ1) is 9.49. The Kier molecular flexibility index (Phi) is 4.29. The highest BCUT2D eigenvalue weighted by Gasteiger charge is 2.23. The average Bonchev–Trinajstić information content (AvgIpc) is 2.80. The van der Waals surface area contributed by atoms with Gasteiger partial charge in [-0.25, -0.2) is 13.8 Å². The van der Waals surface area contributed by atoms with E-state index in [0.717, 1.165) is 22.5 Å². The Morgan fingerprint density at radius 2 is 2.15 bits per heavy atom. The maximum absolute atomic E-state index is 12.7. The van der Waals surface area contributed by atoms with E-state index in [1.54, 1.807) is 0 Å². The molecule has 106 valence electrons. The number of halogens is 2. The summed E-state index contributed by atoms with van der Waals surface area (Å²) in [6.07, 6.45) is -2.82. The molecule has 7 heteroatoms. The van der Waals surface area contributed by atoms with Crippen LogP contribution in [0.2, 0.25) is 0 Å². The lowest BCUT2D eigenvalue weighted by Gasteiger charge is -2.07. The molecule has 0 fully saturated rings. The number of hydrogen-bond acceptors (Lipinski definition) is 4. The fraction of sp³-hybridized carbons (Fsp3) is 0.231. The Labute approximate surface area is 118 Å². The van der Waals surface area contributed by atoms with E-state index in [2.05, 4.69) is 10.3 Å². The third-order valence-corrected chi connectivity index (χ3v) is 3.68. The summed E-state index contributed by atoms with van der Waals surface area (Å²) in [6, 6.07) is 7.52. The van der Waals surface area contributed by atoms with Gasteiger partial charge in [-0.3, -0.25) is 4.79 Å². The zero-order valence-corrected chi connectivity index (χ0v) is 11.5. The highest BCUT2D eigenvalue weighted by molar-refractivity contribution is 7.17. The van der Waals surface area contributed by atoms with Crippen molar-refractivity contribution in [2.24, 2.45) is 0 Å². The molecule has 0 aliphatic rings. The first kappa shape index (κ1) is 14.4. The zero-order chi connectivity index (χ0) is 14.7. The molecule has 2 rings (SSSR count). The number of hydrogen-bond donors (Lipinski definition) is 2. The van der Waals surface area contributed by atoms with Gasteiger partial charge in [-0.05, 0) is 18.1 Å². The monoisotopic (exact) mass is 297 g/mol. The van der Waals surface area contributed by atoms with Crippen LogP contribution in [0.5, 0.6) is 0 Å². The number of alkyl halides is 2. The van der Waals surface area contributed by atoms with Crippen molar-refractivity contribution in [2.45, 2.75) is 19.9 Å². The average molecular weight is 297 g/mol. The van der Waals surface area contributed by atoms with Crippen LogP contribution in [0.15, 0.2) is 24.3 Å². The van der Waals surface area contributed by atoms with E-state index in [-0.39, 0.29) is 16.6 Å². The van der Waals surface area contributed by atoms with Gasteiger partial charge in [0.25, 0.3) is 12.3 Å². The summed E-state index contributed by atoms with van der Waals surface area (Å²) in [4.78, 5) is 15.3. The molecule has 0 bridgehead atoms. The summed E-state index contributed by atoms with van der Waals surface area (Å²) in [6.45, 7) is 2.18. The molecule has 1 heterocycles. The molecule has 4 nitrogen and oxygen atoms in total. The first-order valence-electron chi connectivity index (χ1n) is 5.86. The summed E-state index contributed by atoms with van der Waals surface area (Å²) in [5.41, 5.74) is 6.77. The van der Waals surface area contributed by atoms with Gasteiger partial charge in [0.15, 0.2) is 5.13 Å². The number of aryl methyl sites for hydroxylation is 1. The van der Waals surface area contributed by atoms with Crippen LogP contribution in [0.25, 0.3) is 0 Å². The minimum atomic E-state index is -2.82. The molecule has 0 radical (unpaired) electrons. The summed E-state index contributed by atoms with van der Waals surface area (Å²) in [5.74, 6) is -0.585. The highest BCUT2D eigenvalue weighted by atomic mass is 32.1. The van der Waals surface area contributed by atoms with Crippen LogP contribution in [-0.4, -0.2) is 10.9 Å². The van der Waals surface area contributed by atoms with E-state index in [9.17, 15) is 13.6 Å². The van der Waals surface area contributed by atoms with Crippen molar-refractivity contribution in [1.29, 1.82) is 0 Å². The minimum Gasteiger partial charge on any atom is -0.375 e. The summed E-state index contributed by atoms with van der Waals surface area (Å²) in [7, 11) is 0. The van der Waals surface area contributed by atoms with E-state index in [4.69, 9.17) is 5.73 Å². The Bertz CT molecular complexity index is 628. The molecule has 1 aromatic carbocycles. The summed E-state index contributed by atoms with van der Waals surface area (Å²) in [5, 5.41) is 2.57. The largest absolute Gasteiger partial charge is 0.375 e. The van der Waals surface area contributed by atoms with Gasteiger partial charge in [0.2, 0.25) is 0 Å². The van der Waals surface area contributed by atoms with E-state index in [1.165, 1.54) is 0 Å². The number of carbonyl (C=O) groups is 1. The van der Waals surface area contributed by atoms with Gasteiger partial charge in [0.05, 0.1) is 0 Å². The molecule has 0 aliphatic heterocycles. The number of nitrogens with two attached hydrogens (primary N) is 1. The molecular formula is C13H13F2N3OS. The molecule has 20 heavy (non-hydrogen) atoms. The predicted octanol–water partition coefficient (Wildman–Crippen LogP) is 2.90. The van der Waals surface area contributed by atoms with Crippen LogP contribution >= 0.6 is 11.3 Å². The summed E-state index contributed by atoms with van der Waals surface area (Å²) < 4.78 is 25.5. The van der Waals surface area contributed by atoms with Gasteiger partial charge in [-0.2, -0.15) is 0 Å². The number of aromatic nitrogens is 1. The van der Waals surface area contributed by atoms with Crippen molar-refractivity contribution in [3.05, 3.63) is 46.0 Å². The lowest BCUT2D eigenvalue weighted by molar-refractivity contribution is 0.0940. The fourth-order valence-electron chi connectivity index (χ4n) is 1.72. The number of amides is 1. The SMILES string of the molecule is Cc1ccccc1CNC(=O)c1sc(N)nc1C(F)F. The van der Waals surface area contributed by atoms with Crippen molar-refractivity contribution in [1.82, 2.24) is 10.3 Å². The van der Waals surface area contributed by atoms with Crippen LogP contribution in [0.1, 0.15) is 32.9 Å². The molecule has 0 aliphatic carbocycles. The van der Waals surface area contributed by atoms with Crippen molar-refractivity contribution in [3.8, 4) is 0 Å². The van der Waals surface area contributed by atoms with Crippen molar-refractivity contribution in [3.63, 3.8) is 0 Å². The maximum Gasteiger partial charge on any atom is 0.282 e. The number of anilines is 1.